The minimum Gasteiger partial charge on any atom is -0.493 e. The fraction of sp³-hybridized carbons (Fsp3) is 0.360. The molecule has 36 heavy (non-hydrogen) atoms. The molecule has 1 fully saturated rings. The van der Waals surface area contributed by atoms with Gasteiger partial charge in [0.05, 0.1) is 24.5 Å². The molecule has 0 spiro atoms. The molecular weight excluding hydrogens is 488 g/mol. The highest BCUT2D eigenvalue weighted by Gasteiger charge is 2.19. The average molecular weight is 517 g/mol. The lowest BCUT2D eigenvalue weighted by molar-refractivity contribution is -0.139. The Morgan fingerprint density at radius 2 is 2.00 bits per heavy atom. The highest BCUT2D eigenvalue weighted by molar-refractivity contribution is 6.35. The monoisotopic (exact) mass is 516 g/mol. The number of nitrogens with one attached hydrogen (secondary N) is 3. The quantitative estimate of drug-likeness (QED) is 0.267. The van der Waals surface area contributed by atoms with Gasteiger partial charge in [0.1, 0.15) is 0 Å². The zero-order valence-electron chi connectivity index (χ0n) is 20.4. The first-order chi connectivity index (χ1) is 17.3. The standard InChI is InChI=1S/C25H29ClN4O6/c1-15-6-7-20(16(2)9-15)29-22(31)14-36-23-19(26)10-17(11-21(23)34-3)12-28-30-25(33)24(32)27-13-18-5-4-8-35-18/h6-7,9-12,18H,4-5,8,13-14H2,1-3H3,(H,27,32)(H,29,31)(H,30,33)/b28-12-/t18-/m1/s1. The Hall–Kier alpha value is -3.63. The maximum atomic E-state index is 12.4. The first-order valence-corrected chi connectivity index (χ1v) is 11.7. The Bertz CT molecular complexity index is 1150. The Labute approximate surface area is 214 Å². The third-order valence-corrected chi connectivity index (χ3v) is 5.64. The smallest absolute Gasteiger partial charge is 0.329 e. The highest BCUT2D eigenvalue weighted by Crippen LogP contribution is 2.36. The van der Waals surface area contributed by atoms with Gasteiger partial charge < -0.3 is 24.8 Å². The van der Waals surface area contributed by atoms with Gasteiger partial charge in [-0.25, -0.2) is 5.43 Å². The Balaban J connectivity index is 1.54. The molecule has 0 radical (unpaired) electrons. The van der Waals surface area contributed by atoms with Gasteiger partial charge in [0.15, 0.2) is 18.1 Å². The molecule has 1 saturated heterocycles. The number of carbonyl (C=O) groups is 3. The number of methoxy groups -OCH3 is 1. The molecule has 0 aromatic heterocycles. The van der Waals surface area contributed by atoms with Gasteiger partial charge in [0, 0.05) is 18.8 Å². The summed E-state index contributed by atoms with van der Waals surface area (Å²) in [6, 6.07) is 8.79. The number of anilines is 1. The molecule has 2 aromatic carbocycles. The van der Waals surface area contributed by atoms with E-state index in [-0.39, 0.29) is 41.7 Å². The van der Waals surface area contributed by atoms with Crippen LogP contribution in [0.4, 0.5) is 5.69 Å². The van der Waals surface area contributed by atoms with E-state index in [4.69, 9.17) is 25.8 Å². The van der Waals surface area contributed by atoms with Crippen LogP contribution in [0.15, 0.2) is 35.4 Å². The van der Waals surface area contributed by atoms with E-state index in [2.05, 4.69) is 21.2 Å². The van der Waals surface area contributed by atoms with Crippen molar-refractivity contribution in [2.45, 2.75) is 32.8 Å². The van der Waals surface area contributed by atoms with Crippen molar-refractivity contribution in [2.75, 3.05) is 32.2 Å². The average Bonchev–Trinajstić information content (AvgIpc) is 3.37. The number of amides is 3. The van der Waals surface area contributed by atoms with Crippen LogP contribution in [0.25, 0.3) is 0 Å². The van der Waals surface area contributed by atoms with E-state index in [1.807, 2.05) is 32.0 Å². The molecule has 0 unspecified atom stereocenters. The largest absolute Gasteiger partial charge is 0.493 e. The number of hydrogen-bond acceptors (Lipinski definition) is 7. The van der Waals surface area contributed by atoms with Gasteiger partial charge >= 0.3 is 11.8 Å². The number of hydrogen-bond donors (Lipinski definition) is 3. The second-order valence-electron chi connectivity index (χ2n) is 8.23. The molecular formula is C25H29ClN4O6. The summed E-state index contributed by atoms with van der Waals surface area (Å²) in [7, 11) is 1.43. The molecule has 3 rings (SSSR count). The summed E-state index contributed by atoms with van der Waals surface area (Å²) in [4.78, 5) is 36.1. The lowest BCUT2D eigenvalue weighted by Gasteiger charge is -2.14. The summed E-state index contributed by atoms with van der Waals surface area (Å²) in [5.41, 5.74) is 5.37. The molecule has 11 heteroatoms. The first-order valence-electron chi connectivity index (χ1n) is 11.4. The van der Waals surface area contributed by atoms with Crippen molar-refractivity contribution in [2.24, 2.45) is 5.10 Å². The summed E-state index contributed by atoms with van der Waals surface area (Å²) >= 11 is 6.33. The van der Waals surface area contributed by atoms with E-state index in [9.17, 15) is 14.4 Å². The molecule has 10 nitrogen and oxygen atoms in total. The second-order valence-corrected chi connectivity index (χ2v) is 8.64. The lowest BCUT2D eigenvalue weighted by atomic mass is 10.1. The zero-order chi connectivity index (χ0) is 26.1. The third-order valence-electron chi connectivity index (χ3n) is 5.36. The van der Waals surface area contributed by atoms with Gasteiger partial charge in [-0.1, -0.05) is 29.3 Å². The van der Waals surface area contributed by atoms with Crippen LogP contribution in [-0.2, 0) is 19.1 Å². The van der Waals surface area contributed by atoms with Crippen LogP contribution in [0.1, 0.15) is 29.5 Å². The second kappa shape index (κ2) is 12.9. The number of rotatable bonds is 9. The van der Waals surface area contributed by atoms with Crippen molar-refractivity contribution in [3.8, 4) is 11.5 Å². The normalized spacial score (nSPS) is 14.9. The molecule has 192 valence electrons. The first kappa shape index (κ1) is 27.0. The summed E-state index contributed by atoms with van der Waals surface area (Å²) in [5, 5.41) is 9.28. The fourth-order valence-electron chi connectivity index (χ4n) is 3.54. The number of halogens is 1. The SMILES string of the molecule is COc1cc(/C=N\NC(=O)C(=O)NC[C@H]2CCCO2)cc(Cl)c1OCC(=O)Nc1ccc(C)cc1C. The number of aryl methyl sites for hydroxylation is 2. The van der Waals surface area contributed by atoms with Gasteiger partial charge in [-0.05, 0) is 56.0 Å². The maximum absolute atomic E-state index is 12.4. The Kier molecular flexibility index (Phi) is 9.66. The van der Waals surface area contributed by atoms with Gasteiger partial charge in [-0.3, -0.25) is 14.4 Å². The van der Waals surface area contributed by atoms with E-state index in [0.29, 0.717) is 17.9 Å². The molecule has 0 aliphatic carbocycles. The zero-order valence-corrected chi connectivity index (χ0v) is 21.1. The number of carbonyl (C=O) groups excluding carboxylic acids is 3. The molecule has 1 aliphatic heterocycles. The van der Waals surface area contributed by atoms with E-state index < -0.39 is 11.8 Å². The van der Waals surface area contributed by atoms with Crippen LogP contribution in [0.3, 0.4) is 0 Å². The van der Waals surface area contributed by atoms with Crippen molar-refractivity contribution >= 4 is 41.2 Å². The van der Waals surface area contributed by atoms with E-state index in [0.717, 1.165) is 24.0 Å². The summed E-state index contributed by atoms with van der Waals surface area (Å²) < 4.78 is 16.3. The number of benzene rings is 2. The van der Waals surface area contributed by atoms with E-state index in [1.54, 1.807) is 6.07 Å². The molecule has 2 aromatic rings. The summed E-state index contributed by atoms with van der Waals surface area (Å²) in [5.74, 6) is -1.61. The lowest BCUT2D eigenvalue weighted by Crippen LogP contribution is -2.41. The Morgan fingerprint density at radius 1 is 1.19 bits per heavy atom. The third kappa shape index (κ3) is 7.69. The number of nitrogens with zero attached hydrogens (tertiary/aromatic N) is 1. The van der Waals surface area contributed by atoms with Crippen LogP contribution < -0.4 is 25.5 Å². The topological polar surface area (TPSA) is 127 Å². The van der Waals surface area contributed by atoms with Crippen LogP contribution in [0, 0.1) is 13.8 Å². The molecule has 0 saturated carbocycles. The highest BCUT2D eigenvalue weighted by atomic mass is 35.5. The molecule has 1 heterocycles. The van der Waals surface area contributed by atoms with Crippen LogP contribution in [0.5, 0.6) is 11.5 Å². The molecule has 1 atom stereocenters. The van der Waals surface area contributed by atoms with Crippen LogP contribution in [0.2, 0.25) is 5.02 Å². The van der Waals surface area contributed by atoms with Gasteiger partial charge in [0.25, 0.3) is 5.91 Å². The van der Waals surface area contributed by atoms with Crippen LogP contribution in [-0.4, -0.2) is 56.9 Å². The Morgan fingerprint density at radius 3 is 2.69 bits per heavy atom. The van der Waals surface area contributed by atoms with Gasteiger partial charge in [-0.15, -0.1) is 0 Å². The maximum Gasteiger partial charge on any atom is 0.329 e. The van der Waals surface area contributed by atoms with Crippen LogP contribution >= 0.6 is 11.6 Å². The van der Waals surface area contributed by atoms with Crippen molar-refractivity contribution < 1.29 is 28.6 Å². The molecule has 3 N–H and O–H groups in total. The number of ether oxygens (including phenoxy) is 3. The predicted octanol–water partition coefficient (Wildman–Crippen LogP) is 2.73. The predicted molar refractivity (Wildman–Crippen MR) is 136 cm³/mol. The minimum atomic E-state index is -0.905. The number of hydrazone groups is 1. The summed E-state index contributed by atoms with van der Waals surface area (Å²) in [6.07, 6.45) is 3.02. The van der Waals surface area contributed by atoms with Crippen molar-refractivity contribution in [1.82, 2.24) is 10.7 Å². The minimum absolute atomic E-state index is 0.0709. The van der Waals surface area contributed by atoms with Gasteiger partial charge in [-0.2, -0.15) is 5.10 Å². The molecule has 3 amide bonds. The molecule has 1 aliphatic rings. The van der Waals surface area contributed by atoms with Gasteiger partial charge in [0.2, 0.25) is 0 Å². The fourth-order valence-corrected chi connectivity index (χ4v) is 3.81. The molecule has 0 bridgehead atoms. The van der Waals surface area contributed by atoms with Crippen molar-refractivity contribution in [3.05, 3.63) is 52.0 Å². The van der Waals surface area contributed by atoms with E-state index in [1.165, 1.54) is 19.4 Å². The van der Waals surface area contributed by atoms with Crippen molar-refractivity contribution in [1.29, 1.82) is 0 Å². The van der Waals surface area contributed by atoms with Crippen molar-refractivity contribution in [3.63, 3.8) is 0 Å². The summed E-state index contributed by atoms with van der Waals surface area (Å²) in [6.45, 7) is 4.53. The van der Waals surface area contributed by atoms with E-state index >= 15 is 0 Å².